The lowest BCUT2D eigenvalue weighted by Crippen LogP contribution is -2.48. The van der Waals surface area contributed by atoms with E-state index in [-0.39, 0.29) is 16.9 Å². The first-order valence-corrected chi connectivity index (χ1v) is 7.53. The fraction of sp³-hybridized carbons (Fsp3) is 0.118. The molecule has 0 aromatic heterocycles. The molecule has 0 spiro atoms. The molecule has 2 rings (SSSR count). The van der Waals surface area contributed by atoms with Crippen LogP contribution in [0.4, 0.5) is 0 Å². The van der Waals surface area contributed by atoms with E-state index in [0.717, 1.165) is 5.56 Å². The van der Waals surface area contributed by atoms with Gasteiger partial charge in [-0.2, -0.15) is 0 Å². The molecule has 0 aliphatic carbocycles. The van der Waals surface area contributed by atoms with Crippen LogP contribution in [0.5, 0.6) is 5.75 Å². The normalized spacial score (nSPS) is 9.75. The minimum atomic E-state index is -0.385. The summed E-state index contributed by atoms with van der Waals surface area (Å²) in [5.74, 6) is -0.0869. The Morgan fingerprint density at radius 2 is 1.42 bits per heavy atom. The van der Waals surface area contributed by atoms with Gasteiger partial charge in [0.1, 0.15) is 5.75 Å². The largest absolute Gasteiger partial charge is 0.497 e. The fourth-order valence-corrected chi connectivity index (χ4v) is 1.98. The van der Waals surface area contributed by atoms with Gasteiger partial charge in [0.25, 0.3) is 11.8 Å². The molecule has 6 nitrogen and oxygen atoms in total. The van der Waals surface area contributed by atoms with Crippen LogP contribution in [0.1, 0.15) is 26.3 Å². The minimum absolute atomic E-state index is 0.00226. The van der Waals surface area contributed by atoms with Gasteiger partial charge in [0.2, 0.25) is 0 Å². The van der Waals surface area contributed by atoms with Crippen molar-refractivity contribution in [1.82, 2.24) is 16.2 Å². The van der Waals surface area contributed by atoms with Gasteiger partial charge in [-0.05, 0) is 55.5 Å². The predicted molar refractivity (Wildman–Crippen MR) is 94.8 cm³/mol. The Bertz CT molecular complexity index is 743. The first-order chi connectivity index (χ1) is 11.5. The molecular formula is C17H17N3O3S. The number of hydrogen-bond donors (Lipinski definition) is 3. The molecule has 0 unspecified atom stereocenters. The van der Waals surface area contributed by atoms with Crippen molar-refractivity contribution in [1.29, 1.82) is 0 Å². The summed E-state index contributed by atoms with van der Waals surface area (Å²) in [5, 5.41) is 2.49. The highest BCUT2D eigenvalue weighted by molar-refractivity contribution is 7.80. The number of rotatable bonds is 3. The average molecular weight is 343 g/mol. The van der Waals surface area contributed by atoms with Gasteiger partial charge in [0.15, 0.2) is 5.11 Å². The summed E-state index contributed by atoms with van der Waals surface area (Å²) < 4.78 is 5.02. The zero-order valence-electron chi connectivity index (χ0n) is 13.3. The number of thiocarbonyl (C=S) groups is 1. The zero-order valence-corrected chi connectivity index (χ0v) is 14.1. The summed E-state index contributed by atoms with van der Waals surface area (Å²) in [6, 6.07) is 13.6. The highest BCUT2D eigenvalue weighted by Crippen LogP contribution is 2.10. The number of carbonyl (C=O) groups excluding carboxylic acids is 2. The Labute approximate surface area is 145 Å². The molecule has 0 saturated heterocycles. The van der Waals surface area contributed by atoms with Gasteiger partial charge in [0, 0.05) is 11.1 Å². The number of aryl methyl sites for hydroxylation is 1. The SMILES string of the molecule is COc1ccc(C(=O)NNC(=S)NC(=O)c2ccc(C)cc2)cc1. The number of amides is 2. The third-order valence-corrected chi connectivity index (χ3v) is 3.39. The van der Waals surface area contributed by atoms with Crippen LogP contribution < -0.4 is 20.9 Å². The second-order valence-corrected chi connectivity index (χ2v) is 5.37. The first kappa shape index (κ1) is 17.4. The van der Waals surface area contributed by atoms with Crippen molar-refractivity contribution >= 4 is 29.1 Å². The summed E-state index contributed by atoms with van der Waals surface area (Å²) in [7, 11) is 1.55. The van der Waals surface area contributed by atoms with Crippen molar-refractivity contribution in [3.63, 3.8) is 0 Å². The summed E-state index contributed by atoms with van der Waals surface area (Å²) >= 11 is 4.99. The number of nitrogens with one attached hydrogen (secondary N) is 3. The van der Waals surface area contributed by atoms with Crippen LogP contribution in [0, 0.1) is 6.92 Å². The molecule has 0 fully saturated rings. The molecule has 0 saturated carbocycles. The van der Waals surface area contributed by atoms with E-state index < -0.39 is 0 Å². The number of hydrazine groups is 1. The van der Waals surface area contributed by atoms with Crippen molar-refractivity contribution in [2.75, 3.05) is 7.11 Å². The molecule has 3 N–H and O–H groups in total. The van der Waals surface area contributed by atoms with Crippen LogP contribution in [0.15, 0.2) is 48.5 Å². The molecule has 0 radical (unpaired) electrons. The van der Waals surface area contributed by atoms with Gasteiger partial charge in [0.05, 0.1) is 7.11 Å². The van der Waals surface area contributed by atoms with Crippen LogP contribution in [-0.4, -0.2) is 24.0 Å². The van der Waals surface area contributed by atoms with Gasteiger partial charge >= 0.3 is 0 Å². The minimum Gasteiger partial charge on any atom is -0.497 e. The number of ether oxygens (including phenoxy) is 1. The van der Waals surface area contributed by atoms with E-state index in [1.165, 1.54) is 0 Å². The van der Waals surface area contributed by atoms with Crippen LogP contribution in [0.3, 0.4) is 0 Å². The zero-order chi connectivity index (χ0) is 17.5. The van der Waals surface area contributed by atoms with Gasteiger partial charge in [-0.1, -0.05) is 17.7 Å². The van der Waals surface area contributed by atoms with Crippen molar-refractivity contribution in [2.45, 2.75) is 6.92 Å². The van der Waals surface area contributed by atoms with Crippen molar-refractivity contribution in [3.05, 3.63) is 65.2 Å². The summed E-state index contributed by atoms with van der Waals surface area (Å²) in [6.45, 7) is 1.93. The highest BCUT2D eigenvalue weighted by Gasteiger charge is 2.09. The second-order valence-electron chi connectivity index (χ2n) is 4.96. The fourth-order valence-electron chi connectivity index (χ4n) is 1.84. The monoisotopic (exact) mass is 343 g/mol. The molecule has 0 aliphatic rings. The Kier molecular flexibility index (Phi) is 5.86. The van der Waals surface area contributed by atoms with Gasteiger partial charge in [-0.25, -0.2) is 0 Å². The number of hydrogen-bond acceptors (Lipinski definition) is 4. The van der Waals surface area contributed by atoms with Crippen LogP contribution in [0.2, 0.25) is 0 Å². The van der Waals surface area contributed by atoms with E-state index in [4.69, 9.17) is 17.0 Å². The van der Waals surface area contributed by atoms with E-state index in [2.05, 4.69) is 16.2 Å². The smallest absolute Gasteiger partial charge is 0.269 e. The predicted octanol–water partition coefficient (Wildman–Crippen LogP) is 1.95. The molecular weight excluding hydrogens is 326 g/mol. The summed E-state index contributed by atoms with van der Waals surface area (Å²) in [4.78, 5) is 23.9. The molecule has 2 amide bonds. The standard InChI is InChI=1S/C17H17N3O3S/c1-11-3-5-12(6-4-11)15(21)18-17(24)20-19-16(22)13-7-9-14(23-2)10-8-13/h3-10H,1-2H3,(H,19,22)(H2,18,20,21,24). The van der Waals surface area contributed by atoms with E-state index >= 15 is 0 Å². The third-order valence-electron chi connectivity index (χ3n) is 3.18. The van der Waals surface area contributed by atoms with Crippen molar-refractivity contribution < 1.29 is 14.3 Å². The van der Waals surface area contributed by atoms with E-state index in [9.17, 15) is 9.59 Å². The van der Waals surface area contributed by atoms with Gasteiger partial charge < -0.3 is 4.74 Å². The van der Waals surface area contributed by atoms with E-state index in [1.54, 1.807) is 43.5 Å². The maximum Gasteiger partial charge on any atom is 0.269 e. The molecule has 0 atom stereocenters. The third kappa shape index (κ3) is 4.79. The molecule has 124 valence electrons. The molecule has 24 heavy (non-hydrogen) atoms. The summed E-state index contributed by atoms with van der Waals surface area (Å²) in [5.41, 5.74) is 6.87. The number of methoxy groups -OCH3 is 1. The molecule has 0 aliphatic heterocycles. The quantitative estimate of drug-likeness (QED) is 0.586. The van der Waals surface area contributed by atoms with E-state index in [1.807, 2.05) is 19.1 Å². The molecule has 7 heteroatoms. The lowest BCUT2D eigenvalue weighted by atomic mass is 10.1. The van der Waals surface area contributed by atoms with Crippen molar-refractivity contribution in [3.8, 4) is 5.75 Å². The topological polar surface area (TPSA) is 79.5 Å². The maximum absolute atomic E-state index is 12.0. The lowest BCUT2D eigenvalue weighted by Gasteiger charge is -2.11. The molecule has 0 heterocycles. The van der Waals surface area contributed by atoms with Gasteiger partial charge in [-0.3, -0.25) is 25.8 Å². The second kappa shape index (κ2) is 8.07. The maximum atomic E-state index is 12.0. The van der Waals surface area contributed by atoms with Crippen LogP contribution >= 0.6 is 12.2 Å². The first-order valence-electron chi connectivity index (χ1n) is 7.12. The Morgan fingerprint density at radius 1 is 0.875 bits per heavy atom. The summed E-state index contributed by atoms with van der Waals surface area (Å²) in [6.07, 6.45) is 0. The van der Waals surface area contributed by atoms with Crippen molar-refractivity contribution in [2.24, 2.45) is 0 Å². The lowest BCUT2D eigenvalue weighted by molar-refractivity contribution is 0.0934. The Balaban J connectivity index is 1.84. The van der Waals surface area contributed by atoms with Crippen LogP contribution in [-0.2, 0) is 0 Å². The highest BCUT2D eigenvalue weighted by atomic mass is 32.1. The van der Waals surface area contributed by atoms with Crippen LogP contribution in [0.25, 0.3) is 0 Å². The Morgan fingerprint density at radius 3 is 2.00 bits per heavy atom. The Hall–Kier alpha value is -2.93. The van der Waals surface area contributed by atoms with E-state index in [0.29, 0.717) is 16.9 Å². The number of carbonyl (C=O) groups is 2. The molecule has 2 aromatic rings. The van der Waals surface area contributed by atoms with Gasteiger partial charge in [-0.15, -0.1) is 0 Å². The molecule has 0 bridgehead atoms. The average Bonchev–Trinajstić information content (AvgIpc) is 2.60. The number of benzene rings is 2. The molecule has 2 aromatic carbocycles.